The first-order chi connectivity index (χ1) is 8.69. The van der Waals surface area contributed by atoms with Gasteiger partial charge in [0, 0.05) is 23.6 Å². The zero-order valence-corrected chi connectivity index (χ0v) is 10.1. The summed E-state index contributed by atoms with van der Waals surface area (Å²) < 4.78 is 4.72. The summed E-state index contributed by atoms with van der Waals surface area (Å²) in [5.41, 5.74) is 2.62. The van der Waals surface area contributed by atoms with Crippen LogP contribution in [0.25, 0.3) is 0 Å². The van der Waals surface area contributed by atoms with E-state index in [-0.39, 0.29) is 5.91 Å². The summed E-state index contributed by atoms with van der Waals surface area (Å²) in [6.45, 7) is 2.06. The van der Waals surface area contributed by atoms with Gasteiger partial charge in [-0.3, -0.25) is 4.79 Å². The molecule has 1 heterocycles. The maximum atomic E-state index is 11.2. The topological polar surface area (TPSA) is 55.4 Å². The number of fused-ring (bicyclic) bond motifs is 1. The molecule has 4 nitrogen and oxygen atoms in total. The van der Waals surface area contributed by atoms with E-state index in [9.17, 15) is 9.59 Å². The molecule has 1 aromatic carbocycles. The molecule has 0 aromatic heterocycles. The molecule has 0 spiro atoms. The van der Waals surface area contributed by atoms with Crippen LogP contribution in [-0.4, -0.2) is 18.5 Å². The first-order valence-corrected chi connectivity index (χ1v) is 5.80. The third kappa shape index (κ3) is 2.89. The second-order valence-electron chi connectivity index (χ2n) is 3.89. The summed E-state index contributed by atoms with van der Waals surface area (Å²) in [5.74, 6) is 4.68. The second kappa shape index (κ2) is 5.37. The van der Waals surface area contributed by atoms with Crippen molar-refractivity contribution in [3.8, 4) is 11.8 Å². The van der Waals surface area contributed by atoms with E-state index in [0.29, 0.717) is 19.4 Å². The predicted octanol–water partition coefficient (Wildman–Crippen LogP) is 1.49. The lowest BCUT2D eigenvalue weighted by atomic mass is 10.0. The van der Waals surface area contributed by atoms with Crippen LogP contribution in [0.1, 0.15) is 24.5 Å². The third-order valence-electron chi connectivity index (χ3n) is 2.59. The fourth-order valence-corrected chi connectivity index (χ4v) is 1.75. The Morgan fingerprint density at radius 1 is 1.44 bits per heavy atom. The van der Waals surface area contributed by atoms with Gasteiger partial charge in [-0.25, -0.2) is 4.79 Å². The lowest BCUT2D eigenvalue weighted by molar-refractivity contribution is -0.136. The fourth-order valence-electron chi connectivity index (χ4n) is 1.75. The molecule has 4 heteroatoms. The van der Waals surface area contributed by atoms with Crippen molar-refractivity contribution in [2.75, 3.05) is 11.9 Å². The Balaban J connectivity index is 2.17. The third-order valence-corrected chi connectivity index (χ3v) is 2.59. The number of carbonyl (C=O) groups is 2. The molecule has 1 amide bonds. The van der Waals surface area contributed by atoms with Gasteiger partial charge in [-0.15, -0.1) is 0 Å². The van der Waals surface area contributed by atoms with Gasteiger partial charge in [0.2, 0.25) is 5.91 Å². The zero-order valence-electron chi connectivity index (χ0n) is 10.1. The van der Waals surface area contributed by atoms with Crippen LogP contribution in [0.3, 0.4) is 0 Å². The number of esters is 1. The lowest BCUT2D eigenvalue weighted by Crippen LogP contribution is -2.18. The molecule has 1 N–H and O–H groups in total. The van der Waals surface area contributed by atoms with Crippen molar-refractivity contribution in [3.63, 3.8) is 0 Å². The summed E-state index contributed by atoms with van der Waals surface area (Å²) in [7, 11) is 0. The van der Waals surface area contributed by atoms with Crippen LogP contribution in [-0.2, 0) is 20.7 Å². The minimum Gasteiger partial charge on any atom is -0.456 e. The van der Waals surface area contributed by atoms with Crippen LogP contribution in [0.5, 0.6) is 0 Å². The molecule has 1 aliphatic heterocycles. The number of hydrogen-bond donors (Lipinski definition) is 1. The number of benzene rings is 1. The smallest absolute Gasteiger partial charge is 0.384 e. The maximum Gasteiger partial charge on any atom is 0.384 e. The molecule has 0 aliphatic carbocycles. The molecule has 0 bridgehead atoms. The lowest BCUT2D eigenvalue weighted by Gasteiger charge is -2.16. The number of ether oxygens (including phenoxy) is 1. The van der Waals surface area contributed by atoms with Crippen LogP contribution in [0, 0.1) is 11.8 Å². The Bertz CT molecular complexity index is 552. The summed E-state index contributed by atoms with van der Waals surface area (Å²) in [5, 5.41) is 2.79. The standard InChI is InChI=1S/C14H13NO3/c1-2-18-14(17)8-4-10-3-6-12-11(9-10)5-7-13(16)15-12/h3,6,9H,2,5,7H2,1H3,(H,15,16). The van der Waals surface area contributed by atoms with Crippen LogP contribution < -0.4 is 5.32 Å². The van der Waals surface area contributed by atoms with Gasteiger partial charge in [0.25, 0.3) is 0 Å². The van der Waals surface area contributed by atoms with E-state index in [4.69, 9.17) is 4.74 Å². The van der Waals surface area contributed by atoms with Crippen molar-refractivity contribution in [2.24, 2.45) is 0 Å². The Labute approximate surface area is 105 Å². The molecule has 0 saturated heterocycles. The highest BCUT2D eigenvalue weighted by molar-refractivity contribution is 5.94. The number of amides is 1. The van der Waals surface area contributed by atoms with E-state index in [1.165, 1.54) is 0 Å². The Morgan fingerprint density at radius 2 is 2.28 bits per heavy atom. The molecule has 0 radical (unpaired) electrons. The highest BCUT2D eigenvalue weighted by Crippen LogP contribution is 2.23. The van der Waals surface area contributed by atoms with Gasteiger partial charge in [-0.05, 0) is 37.1 Å². The van der Waals surface area contributed by atoms with Crippen LogP contribution in [0.15, 0.2) is 18.2 Å². The summed E-state index contributed by atoms with van der Waals surface area (Å²) in [4.78, 5) is 22.3. The maximum absolute atomic E-state index is 11.2. The predicted molar refractivity (Wildman–Crippen MR) is 66.9 cm³/mol. The number of hydrogen-bond acceptors (Lipinski definition) is 3. The average Bonchev–Trinajstić information content (AvgIpc) is 2.36. The Kier molecular flexibility index (Phi) is 3.63. The second-order valence-corrected chi connectivity index (χ2v) is 3.89. The van der Waals surface area contributed by atoms with Gasteiger partial charge in [-0.2, -0.15) is 0 Å². The van der Waals surface area contributed by atoms with Gasteiger partial charge < -0.3 is 10.1 Å². The highest BCUT2D eigenvalue weighted by Gasteiger charge is 2.14. The number of nitrogens with one attached hydrogen (secondary N) is 1. The highest BCUT2D eigenvalue weighted by atomic mass is 16.5. The number of carbonyl (C=O) groups excluding carboxylic acids is 2. The molecule has 0 saturated carbocycles. The summed E-state index contributed by atoms with van der Waals surface area (Å²) >= 11 is 0. The van der Waals surface area contributed by atoms with E-state index in [0.717, 1.165) is 16.8 Å². The first-order valence-electron chi connectivity index (χ1n) is 5.80. The number of anilines is 1. The largest absolute Gasteiger partial charge is 0.456 e. The molecular weight excluding hydrogens is 230 g/mol. The zero-order chi connectivity index (χ0) is 13.0. The van der Waals surface area contributed by atoms with E-state index >= 15 is 0 Å². The van der Waals surface area contributed by atoms with Gasteiger partial charge >= 0.3 is 5.97 Å². The number of aryl methyl sites for hydroxylation is 1. The normalized spacial score (nSPS) is 12.8. The SMILES string of the molecule is CCOC(=O)C#Cc1ccc2c(c1)CCC(=O)N2. The van der Waals surface area contributed by atoms with Crippen LogP contribution >= 0.6 is 0 Å². The van der Waals surface area contributed by atoms with Crippen LogP contribution in [0.2, 0.25) is 0 Å². The van der Waals surface area contributed by atoms with Gasteiger partial charge in [0.1, 0.15) is 0 Å². The van der Waals surface area contributed by atoms with Gasteiger partial charge in [0.05, 0.1) is 6.61 Å². The van der Waals surface area contributed by atoms with Crippen molar-refractivity contribution in [1.82, 2.24) is 0 Å². The quantitative estimate of drug-likeness (QED) is 0.600. The van der Waals surface area contributed by atoms with Crippen molar-refractivity contribution in [2.45, 2.75) is 19.8 Å². The fraction of sp³-hybridized carbons (Fsp3) is 0.286. The van der Waals surface area contributed by atoms with E-state index in [1.54, 1.807) is 13.0 Å². The molecule has 0 atom stereocenters. The molecule has 92 valence electrons. The van der Waals surface area contributed by atoms with Crippen molar-refractivity contribution >= 4 is 17.6 Å². The molecule has 2 rings (SSSR count). The van der Waals surface area contributed by atoms with Crippen molar-refractivity contribution in [3.05, 3.63) is 29.3 Å². The van der Waals surface area contributed by atoms with E-state index in [1.807, 2.05) is 12.1 Å². The van der Waals surface area contributed by atoms with E-state index in [2.05, 4.69) is 17.2 Å². The first kappa shape index (κ1) is 12.2. The minimum atomic E-state index is -0.525. The molecular formula is C14H13NO3. The van der Waals surface area contributed by atoms with Crippen molar-refractivity contribution < 1.29 is 14.3 Å². The minimum absolute atomic E-state index is 0.0351. The van der Waals surface area contributed by atoms with Crippen molar-refractivity contribution in [1.29, 1.82) is 0 Å². The van der Waals surface area contributed by atoms with Gasteiger partial charge in [0.15, 0.2) is 0 Å². The average molecular weight is 243 g/mol. The summed E-state index contributed by atoms with van der Waals surface area (Å²) in [6.07, 6.45) is 1.19. The Morgan fingerprint density at radius 3 is 3.06 bits per heavy atom. The van der Waals surface area contributed by atoms with E-state index < -0.39 is 5.97 Å². The molecule has 0 fully saturated rings. The van der Waals surface area contributed by atoms with Crippen LogP contribution in [0.4, 0.5) is 5.69 Å². The summed E-state index contributed by atoms with van der Waals surface area (Å²) in [6, 6.07) is 5.47. The molecule has 1 aliphatic rings. The molecule has 18 heavy (non-hydrogen) atoms. The number of rotatable bonds is 1. The monoisotopic (exact) mass is 243 g/mol. The molecule has 0 unspecified atom stereocenters. The van der Waals surface area contributed by atoms with Gasteiger partial charge in [-0.1, -0.05) is 5.92 Å². The Hall–Kier alpha value is -2.28. The molecule has 1 aromatic rings.